The molecule has 1 heterocycles. The van der Waals surface area contributed by atoms with Crippen LogP contribution in [-0.4, -0.2) is 19.2 Å². The van der Waals surface area contributed by atoms with Gasteiger partial charge in [-0.05, 0) is 42.5 Å². The highest BCUT2D eigenvalue weighted by atomic mass is 32.2. The summed E-state index contributed by atoms with van der Waals surface area (Å²) in [6.45, 7) is 1.95. The number of hydrogen-bond donors (Lipinski definition) is 2. The summed E-state index contributed by atoms with van der Waals surface area (Å²) in [7, 11) is -3.46. The molecule has 2 N–H and O–H groups in total. The minimum Gasteiger partial charge on any atom is -0.322 e. The van der Waals surface area contributed by atoms with E-state index in [-0.39, 0.29) is 17.9 Å². The maximum atomic E-state index is 12.2. The molecule has 0 fully saturated rings. The Balaban J connectivity index is 1.70. The third kappa shape index (κ3) is 4.55. The van der Waals surface area contributed by atoms with Crippen molar-refractivity contribution in [2.24, 2.45) is 0 Å². The molecule has 0 radical (unpaired) electrons. The van der Waals surface area contributed by atoms with Gasteiger partial charge in [-0.1, -0.05) is 42.0 Å². The number of aromatic amines is 1. The molecule has 0 saturated carbocycles. The van der Waals surface area contributed by atoms with E-state index < -0.39 is 10.0 Å². The Morgan fingerprint density at radius 3 is 2.56 bits per heavy atom. The van der Waals surface area contributed by atoms with Gasteiger partial charge in [0.15, 0.2) is 0 Å². The first-order valence-corrected chi connectivity index (χ1v) is 9.72. The number of hydrogen-bond acceptors (Lipinski definition) is 3. The number of aryl methyl sites for hydroxylation is 2. The van der Waals surface area contributed by atoms with E-state index in [0.29, 0.717) is 12.0 Å². The van der Waals surface area contributed by atoms with Crippen LogP contribution in [0.25, 0.3) is 10.9 Å². The highest BCUT2D eigenvalue weighted by Crippen LogP contribution is 2.13. The van der Waals surface area contributed by atoms with Crippen molar-refractivity contribution < 1.29 is 8.42 Å². The van der Waals surface area contributed by atoms with Gasteiger partial charge in [0.2, 0.25) is 10.0 Å². The number of H-pyrrole nitrogens is 1. The Morgan fingerprint density at radius 1 is 1.04 bits per heavy atom. The fourth-order valence-corrected chi connectivity index (χ4v) is 3.68. The van der Waals surface area contributed by atoms with Crippen molar-refractivity contribution in [3.8, 4) is 0 Å². The molecule has 0 aliphatic carbocycles. The minimum absolute atomic E-state index is 0.0123. The zero-order chi connectivity index (χ0) is 17.9. The summed E-state index contributed by atoms with van der Waals surface area (Å²) in [5.74, 6) is -0.0123. The van der Waals surface area contributed by atoms with Crippen molar-refractivity contribution in [1.29, 1.82) is 0 Å². The first-order chi connectivity index (χ1) is 11.9. The Kier molecular flexibility index (Phi) is 5.01. The van der Waals surface area contributed by atoms with Crippen molar-refractivity contribution in [3.05, 3.63) is 81.6 Å². The lowest BCUT2D eigenvalue weighted by Crippen LogP contribution is -2.29. The summed E-state index contributed by atoms with van der Waals surface area (Å²) in [4.78, 5) is 14.9. The summed E-state index contributed by atoms with van der Waals surface area (Å²) < 4.78 is 26.9. The Bertz CT molecular complexity index is 1040. The fraction of sp³-hybridized carbons (Fsp3) is 0.211. The third-order valence-corrected chi connectivity index (χ3v) is 5.39. The maximum Gasteiger partial charge on any atom is 0.252 e. The molecule has 0 amide bonds. The summed E-state index contributed by atoms with van der Waals surface area (Å²) in [5.41, 5.74) is 2.91. The van der Waals surface area contributed by atoms with E-state index in [1.165, 1.54) is 0 Å². The van der Waals surface area contributed by atoms with Gasteiger partial charge in [-0.25, -0.2) is 13.1 Å². The number of rotatable bonds is 6. The molecule has 0 bridgehead atoms. The standard InChI is InChI=1S/C19H20N2O3S/c1-14-7-8-18-16(11-14)12-17(19(22)21-18)13-20-25(23,24)10-9-15-5-3-2-4-6-15/h2-8,11-12,20H,9-10,13H2,1H3,(H,21,22). The predicted octanol–water partition coefficient (Wildman–Crippen LogP) is 2.50. The largest absolute Gasteiger partial charge is 0.322 e. The van der Waals surface area contributed by atoms with Crippen LogP contribution in [0.3, 0.4) is 0 Å². The van der Waals surface area contributed by atoms with Gasteiger partial charge >= 0.3 is 0 Å². The van der Waals surface area contributed by atoms with Crippen molar-refractivity contribution in [3.63, 3.8) is 0 Å². The van der Waals surface area contributed by atoms with E-state index in [1.807, 2.05) is 55.5 Å². The number of pyridine rings is 1. The van der Waals surface area contributed by atoms with E-state index in [9.17, 15) is 13.2 Å². The molecule has 0 unspecified atom stereocenters. The van der Waals surface area contributed by atoms with Gasteiger partial charge in [0.25, 0.3) is 5.56 Å². The highest BCUT2D eigenvalue weighted by molar-refractivity contribution is 7.89. The number of aromatic nitrogens is 1. The Labute approximate surface area is 146 Å². The van der Waals surface area contributed by atoms with Crippen molar-refractivity contribution in [1.82, 2.24) is 9.71 Å². The summed E-state index contributed by atoms with van der Waals surface area (Å²) in [6.07, 6.45) is 0.434. The van der Waals surface area contributed by atoms with Crippen molar-refractivity contribution in [2.75, 3.05) is 5.75 Å². The molecule has 0 spiro atoms. The maximum absolute atomic E-state index is 12.2. The second-order valence-electron chi connectivity index (χ2n) is 6.09. The van der Waals surface area contributed by atoms with Crippen molar-refractivity contribution >= 4 is 20.9 Å². The fourth-order valence-electron chi connectivity index (χ4n) is 2.66. The molecule has 0 saturated heterocycles. The first-order valence-electron chi connectivity index (χ1n) is 8.07. The topological polar surface area (TPSA) is 79.0 Å². The SMILES string of the molecule is Cc1ccc2[nH]c(=O)c(CNS(=O)(=O)CCc3ccccc3)cc2c1. The quantitative estimate of drug-likeness (QED) is 0.712. The molecule has 130 valence electrons. The van der Waals surface area contributed by atoms with Crippen LogP contribution in [0.4, 0.5) is 0 Å². The molecule has 1 aromatic heterocycles. The Hall–Kier alpha value is -2.44. The van der Waals surface area contributed by atoms with Gasteiger partial charge < -0.3 is 4.98 Å². The smallest absolute Gasteiger partial charge is 0.252 e. The molecule has 25 heavy (non-hydrogen) atoms. The molecular formula is C19H20N2O3S. The zero-order valence-electron chi connectivity index (χ0n) is 14.0. The second kappa shape index (κ2) is 7.21. The number of sulfonamides is 1. The second-order valence-corrected chi connectivity index (χ2v) is 8.02. The molecular weight excluding hydrogens is 336 g/mol. The van der Waals surface area contributed by atoms with Crippen LogP contribution in [0, 0.1) is 6.92 Å². The van der Waals surface area contributed by atoms with E-state index >= 15 is 0 Å². The third-order valence-electron chi connectivity index (χ3n) is 4.06. The number of nitrogens with one attached hydrogen (secondary N) is 2. The van der Waals surface area contributed by atoms with E-state index in [0.717, 1.165) is 22.0 Å². The molecule has 6 heteroatoms. The zero-order valence-corrected chi connectivity index (χ0v) is 14.8. The number of fused-ring (bicyclic) bond motifs is 1. The molecule has 0 atom stereocenters. The van der Waals surface area contributed by atoms with Gasteiger partial charge in [-0.3, -0.25) is 4.79 Å². The molecule has 3 aromatic rings. The van der Waals surface area contributed by atoms with Gasteiger partial charge in [-0.2, -0.15) is 0 Å². The molecule has 3 rings (SSSR count). The molecule has 0 aliphatic heterocycles. The predicted molar refractivity (Wildman–Crippen MR) is 100 cm³/mol. The van der Waals surface area contributed by atoms with Crippen LogP contribution in [-0.2, 0) is 23.0 Å². The Morgan fingerprint density at radius 2 is 1.80 bits per heavy atom. The first kappa shape index (κ1) is 17.4. The normalized spacial score (nSPS) is 11.7. The van der Waals surface area contributed by atoms with E-state index in [1.54, 1.807) is 6.07 Å². The van der Waals surface area contributed by atoms with Crippen LogP contribution in [0.5, 0.6) is 0 Å². The summed E-state index contributed by atoms with van der Waals surface area (Å²) in [5, 5.41) is 0.887. The van der Waals surface area contributed by atoms with Gasteiger partial charge in [0.05, 0.1) is 5.75 Å². The lowest BCUT2D eigenvalue weighted by molar-refractivity contribution is 0.580. The van der Waals surface area contributed by atoms with Crippen LogP contribution in [0.15, 0.2) is 59.4 Å². The average Bonchev–Trinajstić information content (AvgIpc) is 2.60. The van der Waals surface area contributed by atoms with Gasteiger partial charge in [0.1, 0.15) is 0 Å². The lowest BCUT2D eigenvalue weighted by atomic mass is 10.1. The van der Waals surface area contributed by atoms with Crippen molar-refractivity contribution in [2.45, 2.75) is 19.9 Å². The highest BCUT2D eigenvalue weighted by Gasteiger charge is 2.12. The molecule has 2 aromatic carbocycles. The van der Waals surface area contributed by atoms with Crippen LogP contribution in [0.2, 0.25) is 0 Å². The van der Waals surface area contributed by atoms with E-state index in [2.05, 4.69) is 9.71 Å². The van der Waals surface area contributed by atoms with Crippen LogP contribution in [0.1, 0.15) is 16.7 Å². The average molecular weight is 356 g/mol. The summed E-state index contributed by atoms with van der Waals surface area (Å²) in [6, 6.07) is 16.9. The molecule has 0 aliphatic rings. The molecule has 5 nitrogen and oxygen atoms in total. The van der Waals surface area contributed by atoms with Gasteiger partial charge in [0, 0.05) is 17.6 Å². The lowest BCUT2D eigenvalue weighted by Gasteiger charge is -2.08. The number of benzene rings is 2. The van der Waals surface area contributed by atoms with Crippen LogP contribution < -0.4 is 10.3 Å². The van der Waals surface area contributed by atoms with E-state index in [4.69, 9.17) is 0 Å². The minimum atomic E-state index is -3.46. The van der Waals surface area contributed by atoms with Gasteiger partial charge in [-0.15, -0.1) is 0 Å². The van der Waals surface area contributed by atoms with Crippen LogP contribution >= 0.6 is 0 Å². The monoisotopic (exact) mass is 356 g/mol. The summed E-state index contributed by atoms with van der Waals surface area (Å²) >= 11 is 0.